The fraction of sp³-hybridized carbons (Fsp3) is 0.364. The Bertz CT molecular complexity index is 1150. The van der Waals surface area contributed by atoms with Crippen LogP contribution in [0, 0.1) is 18.3 Å². The van der Waals surface area contributed by atoms with E-state index in [1.54, 1.807) is 12.1 Å². The number of fused-ring (bicyclic) bond motifs is 1. The highest BCUT2D eigenvalue weighted by Crippen LogP contribution is 2.28. The topological polar surface area (TPSA) is 82.7 Å². The van der Waals surface area contributed by atoms with Crippen LogP contribution in [0.1, 0.15) is 43.6 Å². The van der Waals surface area contributed by atoms with Gasteiger partial charge in [-0.05, 0) is 43.5 Å². The summed E-state index contributed by atoms with van der Waals surface area (Å²) in [7, 11) is 1.91. The second-order valence-corrected chi connectivity index (χ2v) is 8.34. The first-order valence-electron chi connectivity index (χ1n) is 10.0. The van der Waals surface area contributed by atoms with Crippen molar-refractivity contribution in [2.24, 2.45) is 7.05 Å². The van der Waals surface area contributed by atoms with Gasteiger partial charge in [0.2, 0.25) is 0 Å². The standard InChI is InChI=1S/C22H25Cl2N7/c1-6-31(20(7-8-25)26-15-10-18(23)28-19(24)11-15)12-16-9-17(13(2)3)21-14(4)29-30(5)22(21)27-16/h7,9-11,13H,6,12H2,1-5H3,(H,26,28)/b20-7+. The maximum atomic E-state index is 9.35. The quantitative estimate of drug-likeness (QED) is 0.377. The molecule has 0 aliphatic carbocycles. The van der Waals surface area contributed by atoms with Crippen LogP contribution in [-0.2, 0) is 13.6 Å². The predicted octanol–water partition coefficient (Wildman–Crippen LogP) is 5.40. The third-order valence-corrected chi connectivity index (χ3v) is 5.37. The number of aryl methyl sites for hydroxylation is 2. The molecule has 0 unspecified atom stereocenters. The van der Waals surface area contributed by atoms with Crippen LogP contribution in [0.4, 0.5) is 5.69 Å². The van der Waals surface area contributed by atoms with Crippen molar-refractivity contribution in [3.8, 4) is 6.07 Å². The van der Waals surface area contributed by atoms with Crippen LogP contribution in [0.2, 0.25) is 10.3 Å². The average molecular weight is 458 g/mol. The summed E-state index contributed by atoms with van der Waals surface area (Å²) < 4.78 is 1.82. The molecular weight excluding hydrogens is 433 g/mol. The van der Waals surface area contributed by atoms with Gasteiger partial charge in [0.15, 0.2) is 5.65 Å². The lowest BCUT2D eigenvalue weighted by Gasteiger charge is -2.26. The zero-order chi connectivity index (χ0) is 22.7. The first-order valence-corrected chi connectivity index (χ1v) is 10.8. The number of pyridine rings is 2. The molecule has 0 spiro atoms. The molecule has 9 heteroatoms. The Morgan fingerprint density at radius 2 is 1.94 bits per heavy atom. The fourth-order valence-corrected chi connectivity index (χ4v) is 4.04. The van der Waals surface area contributed by atoms with Crippen LogP contribution < -0.4 is 5.32 Å². The van der Waals surface area contributed by atoms with Crippen LogP contribution in [0.15, 0.2) is 30.1 Å². The molecule has 3 rings (SSSR count). The molecule has 0 saturated heterocycles. The summed E-state index contributed by atoms with van der Waals surface area (Å²) in [6.45, 7) is 9.55. The van der Waals surface area contributed by atoms with Crippen molar-refractivity contribution >= 4 is 39.9 Å². The Kier molecular flexibility index (Phi) is 7.04. The van der Waals surface area contributed by atoms with Crippen molar-refractivity contribution in [2.45, 2.75) is 40.2 Å². The molecule has 0 radical (unpaired) electrons. The van der Waals surface area contributed by atoms with Gasteiger partial charge in [-0.3, -0.25) is 4.68 Å². The fourth-order valence-electron chi connectivity index (χ4n) is 3.58. The number of allylic oxidation sites excluding steroid dienone is 1. The van der Waals surface area contributed by atoms with E-state index in [-0.39, 0.29) is 10.3 Å². The van der Waals surface area contributed by atoms with Gasteiger partial charge in [0.1, 0.15) is 16.1 Å². The average Bonchev–Trinajstić information content (AvgIpc) is 2.98. The van der Waals surface area contributed by atoms with Gasteiger partial charge in [0, 0.05) is 24.7 Å². The number of hydrogen-bond acceptors (Lipinski definition) is 6. The normalized spacial score (nSPS) is 11.8. The van der Waals surface area contributed by atoms with E-state index in [1.807, 2.05) is 30.5 Å². The van der Waals surface area contributed by atoms with Gasteiger partial charge in [-0.15, -0.1) is 0 Å². The zero-order valence-electron chi connectivity index (χ0n) is 18.2. The summed E-state index contributed by atoms with van der Waals surface area (Å²) in [5, 5.41) is 18.8. The van der Waals surface area contributed by atoms with E-state index >= 15 is 0 Å². The van der Waals surface area contributed by atoms with Crippen molar-refractivity contribution in [3.63, 3.8) is 0 Å². The van der Waals surface area contributed by atoms with E-state index in [1.165, 1.54) is 11.6 Å². The van der Waals surface area contributed by atoms with Crippen LogP contribution in [-0.4, -0.2) is 31.2 Å². The minimum Gasteiger partial charge on any atom is -0.352 e. The molecule has 0 aliphatic rings. The van der Waals surface area contributed by atoms with Crippen LogP contribution in [0.25, 0.3) is 11.0 Å². The molecule has 3 aromatic rings. The SMILES string of the molecule is CCN(Cc1cc(C(C)C)c2c(C)nn(C)c2n1)/C(=C/C#N)Nc1cc(Cl)nc(Cl)c1. The molecule has 0 aromatic carbocycles. The first-order chi connectivity index (χ1) is 14.7. The van der Waals surface area contributed by atoms with E-state index < -0.39 is 0 Å². The number of anilines is 1. The van der Waals surface area contributed by atoms with Crippen molar-refractivity contribution in [1.29, 1.82) is 5.26 Å². The summed E-state index contributed by atoms with van der Waals surface area (Å²) in [4.78, 5) is 10.9. The molecule has 0 atom stereocenters. The van der Waals surface area contributed by atoms with Crippen molar-refractivity contribution in [2.75, 3.05) is 11.9 Å². The minimum atomic E-state index is 0.273. The summed E-state index contributed by atoms with van der Waals surface area (Å²) in [5.74, 6) is 0.952. The Balaban J connectivity index is 1.98. The Morgan fingerprint density at radius 1 is 1.26 bits per heavy atom. The summed E-state index contributed by atoms with van der Waals surface area (Å²) in [5.41, 5.74) is 4.61. The zero-order valence-corrected chi connectivity index (χ0v) is 19.8. The second kappa shape index (κ2) is 9.54. The molecule has 1 N–H and O–H groups in total. The number of aromatic nitrogens is 4. The smallest absolute Gasteiger partial charge is 0.158 e. The summed E-state index contributed by atoms with van der Waals surface area (Å²) in [6.07, 6.45) is 1.46. The summed E-state index contributed by atoms with van der Waals surface area (Å²) >= 11 is 12.0. The van der Waals surface area contributed by atoms with Crippen molar-refractivity contribution in [1.82, 2.24) is 24.6 Å². The third-order valence-electron chi connectivity index (χ3n) is 4.99. The highest BCUT2D eigenvalue weighted by molar-refractivity contribution is 6.32. The molecule has 0 saturated carbocycles. The van der Waals surface area contributed by atoms with Gasteiger partial charge in [-0.25, -0.2) is 9.97 Å². The van der Waals surface area contributed by atoms with Gasteiger partial charge in [-0.1, -0.05) is 37.0 Å². The van der Waals surface area contributed by atoms with E-state index in [0.717, 1.165) is 22.4 Å². The molecule has 7 nitrogen and oxygen atoms in total. The molecule has 0 aliphatic heterocycles. The Hall–Kier alpha value is -2.82. The lowest BCUT2D eigenvalue weighted by atomic mass is 9.98. The number of nitrogens with zero attached hydrogens (tertiary/aromatic N) is 6. The van der Waals surface area contributed by atoms with Crippen molar-refractivity contribution < 1.29 is 0 Å². The highest BCUT2D eigenvalue weighted by atomic mass is 35.5. The first kappa shape index (κ1) is 22.9. The second-order valence-electron chi connectivity index (χ2n) is 7.56. The van der Waals surface area contributed by atoms with Crippen molar-refractivity contribution in [3.05, 3.63) is 57.4 Å². The predicted molar refractivity (Wildman–Crippen MR) is 125 cm³/mol. The van der Waals surface area contributed by atoms with Gasteiger partial charge in [0.25, 0.3) is 0 Å². The number of rotatable bonds is 7. The maximum absolute atomic E-state index is 9.35. The van der Waals surface area contributed by atoms with Gasteiger partial charge in [0.05, 0.1) is 30.1 Å². The molecule has 162 valence electrons. The van der Waals surface area contributed by atoms with E-state index in [0.29, 0.717) is 30.5 Å². The van der Waals surface area contributed by atoms with Gasteiger partial charge >= 0.3 is 0 Å². The number of nitrogens with one attached hydrogen (secondary N) is 1. The van der Waals surface area contributed by atoms with E-state index in [9.17, 15) is 5.26 Å². The lowest BCUT2D eigenvalue weighted by molar-refractivity contribution is 0.355. The van der Waals surface area contributed by atoms with E-state index in [2.05, 4.69) is 41.4 Å². The molecule has 0 amide bonds. The number of halogens is 2. The molecule has 31 heavy (non-hydrogen) atoms. The third kappa shape index (κ3) is 5.09. The number of nitriles is 1. The maximum Gasteiger partial charge on any atom is 0.158 e. The van der Waals surface area contributed by atoms with Gasteiger partial charge in [-0.2, -0.15) is 10.4 Å². The lowest BCUT2D eigenvalue weighted by Crippen LogP contribution is -2.27. The molecule has 3 heterocycles. The minimum absolute atomic E-state index is 0.273. The Morgan fingerprint density at radius 3 is 2.52 bits per heavy atom. The highest BCUT2D eigenvalue weighted by Gasteiger charge is 2.18. The molecular formula is C22H25Cl2N7. The van der Waals surface area contributed by atoms with Crippen LogP contribution in [0.3, 0.4) is 0 Å². The van der Waals surface area contributed by atoms with E-state index in [4.69, 9.17) is 28.2 Å². The summed E-state index contributed by atoms with van der Waals surface area (Å²) in [6, 6.07) is 7.56. The van der Waals surface area contributed by atoms with Gasteiger partial charge < -0.3 is 10.2 Å². The van der Waals surface area contributed by atoms with Crippen LogP contribution >= 0.6 is 23.2 Å². The molecule has 0 bridgehead atoms. The number of hydrogen-bond donors (Lipinski definition) is 1. The Labute approximate surface area is 192 Å². The molecule has 3 aromatic heterocycles. The molecule has 0 fully saturated rings. The largest absolute Gasteiger partial charge is 0.352 e. The monoisotopic (exact) mass is 457 g/mol. The van der Waals surface area contributed by atoms with Crippen LogP contribution in [0.5, 0.6) is 0 Å².